The van der Waals surface area contributed by atoms with Crippen LogP contribution in [-0.2, 0) is 22.6 Å². The predicted octanol–water partition coefficient (Wildman–Crippen LogP) is 4.69. The highest BCUT2D eigenvalue weighted by molar-refractivity contribution is 5.95. The second-order valence-corrected chi connectivity index (χ2v) is 8.78. The fraction of sp³-hybridized carbons (Fsp3) is 0.250. The molecule has 8 heteroatoms. The van der Waals surface area contributed by atoms with Gasteiger partial charge in [-0.1, -0.05) is 12.1 Å². The van der Waals surface area contributed by atoms with E-state index in [4.69, 9.17) is 28.4 Å². The van der Waals surface area contributed by atoms with Crippen LogP contribution in [0.25, 0.3) is 0 Å². The number of benzene rings is 3. The largest absolute Gasteiger partial charge is 0.493 e. The van der Waals surface area contributed by atoms with Crippen molar-refractivity contribution in [2.45, 2.75) is 18.9 Å². The summed E-state index contributed by atoms with van der Waals surface area (Å²) < 4.78 is 47.3. The Labute approximate surface area is 206 Å². The summed E-state index contributed by atoms with van der Waals surface area (Å²) in [4.78, 5) is 12.8. The lowest BCUT2D eigenvalue weighted by Crippen LogP contribution is -2.18. The van der Waals surface area contributed by atoms with E-state index in [0.29, 0.717) is 40.7 Å². The Hall–Kier alpha value is -4.20. The number of esters is 1. The molecule has 36 heavy (non-hydrogen) atoms. The van der Waals surface area contributed by atoms with Crippen molar-refractivity contribution < 1.29 is 37.6 Å². The van der Waals surface area contributed by atoms with Crippen LogP contribution in [0.1, 0.15) is 28.2 Å². The number of cyclic esters (lactones) is 1. The number of hydrogen-bond acceptors (Lipinski definition) is 7. The maximum absolute atomic E-state index is 13.3. The van der Waals surface area contributed by atoms with Gasteiger partial charge in [0, 0.05) is 5.92 Å². The number of ether oxygens (including phenoxy) is 6. The van der Waals surface area contributed by atoms with E-state index in [1.54, 1.807) is 26.4 Å². The van der Waals surface area contributed by atoms with Gasteiger partial charge in [-0.25, -0.2) is 9.18 Å². The van der Waals surface area contributed by atoms with Crippen molar-refractivity contribution in [3.05, 3.63) is 87.7 Å². The van der Waals surface area contributed by atoms with E-state index in [0.717, 1.165) is 27.8 Å². The van der Waals surface area contributed by atoms with E-state index in [-0.39, 0.29) is 31.8 Å². The molecule has 1 aliphatic carbocycles. The first-order valence-corrected chi connectivity index (χ1v) is 11.5. The van der Waals surface area contributed by atoms with E-state index in [1.807, 2.05) is 24.3 Å². The normalized spacial score (nSPS) is 17.4. The number of fused-ring (bicyclic) bond motifs is 2. The highest BCUT2D eigenvalue weighted by Gasteiger charge is 2.40. The Bertz CT molecular complexity index is 1370. The second kappa shape index (κ2) is 8.78. The summed E-state index contributed by atoms with van der Waals surface area (Å²) in [5.41, 5.74) is 5.17. The first kappa shape index (κ1) is 22.3. The Balaban J connectivity index is 1.43. The van der Waals surface area contributed by atoms with Gasteiger partial charge < -0.3 is 28.4 Å². The Morgan fingerprint density at radius 3 is 2.33 bits per heavy atom. The molecule has 0 aromatic heterocycles. The van der Waals surface area contributed by atoms with Gasteiger partial charge in [0.1, 0.15) is 19.0 Å². The maximum atomic E-state index is 13.3. The van der Waals surface area contributed by atoms with E-state index in [9.17, 15) is 9.18 Å². The van der Waals surface area contributed by atoms with Crippen LogP contribution in [0.3, 0.4) is 0 Å². The smallest absolute Gasteiger partial charge is 0.335 e. The molecule has 2 heterocycles. The molecule has 0 spiro atoms. The van der Waals surface area contributed by atoms with Crippen molar-refractivity contribution in [2.75, 3.05) is 27.6 Å². The zero-order chi connectivity index (χ0) is 24.8. The molecule has 3 aliphatic rings. The lowest BCUT2D eigenvalue weighted by molar-refractivity contribution is -0.136. The number of hydrogen-bond donors (Lipinski definition) is 0. The summed E-state index contributed by atoms with van der Waals surface area (Å²) in [5.74, 6) is 1.62. The number of carbonyl (C=O) groups is 1. The number of methoxy groups -OCH3 is 2. The average molecular weight is 490 g/mol. The minimum Gasteiger partial charge on any atom is -0.493 e. The highest BCUT2D eigenvalue weighted by Crippen LogP contribution is 2.50. The zero-order valence-electron chi connectivity index (χ0n) is 19.8. The number of halogens is 1. The Morgan fingerprint density at radius 1 is 0.944 bits per heavy atom. The third-order valence-corrected chi connectivity index (χ3v) is 6.73. The Morgan fingerprint density at radius 2 is 1.64 bits per heavy atom. The predicted molar refractivity (Wildman–Crippen MR) is 126 cm³/mol. The van der Waals surface area contributed by atoms with Crippen LogP contribution in [0.15, 0.2) is 59.7 Å². The summed E-state index contributed by atoms with van der Waals surface area (Å²) in [5, 5.41) is 0. The highest BCUT2D eigenvalue weighted by atomic mass is 19.1. The van der Waals surface area contributed by atoms with Crippen LogP contribution in [0.5, 0.6) is 28.7 Å². The fourth-order valence-electron chi connectivity index (χ4n) is 5.02. The molecule has 184 valence electrons. The van der Waals surface area contributed by atoms with Gasteiger partial charge in [0.2, 0.25) is 12.5 Å². The van der Waals surface area contributed by atoms with Gasteiger partial charge in [0.25, 0.3) is 0 Å². The molecule has 0 saturated heterocycles. The zero-order valence-corrected chi connectivity index (χ0v) is 19.8. The quantitative estimate of drug-likeness (QED) is 0.464. The van der Waals surface area contributed by atoms with E-state index < -0.39 is 5.92 Å². The van der Waals surface area contributed by atoms with E-state index in [2.05, 4.69) is 0 Å². The summed E-state index contributed by atoms with van der Waals surface area (Å²) in [7, 11) is 3.09. The molecular formula is C28H23FO7. The molecule has 0 amide bonds. The molecule has 0 bridgehead atoms. The molecule has 0 fully saturated rings. The van der Waals surface area contributed by atoms with Gasteiger partial charge >= 0.3 is 5.97 Å². The van der Waals surface area contributed by atoms with Crippen LogP contribution in [0.4, 0.5) is 4.39 Å². The first-order chi connectivity index (χ1) is 17.6. The van der Waals surface area contributed by atoms with Gasteiger partial charge in [-0.2, -0.15) is 0 Å². The van der Waals surface area contributed by atoms with Crippen molar-refractivity contribution in [3.8, 4) is 28.7 Å². The van der Waals surface area contributed by atoms with Gasteiger partial charge in [0.05, 0.1) is 19.8 Å². The van der Waals surface area contributed by atoms with Crippen molar-refractivity contribution >= 4 is 5.97 Å². The summed E-state index contributed by atoms with van der Waals surface area (Å²) in [6.07, 6.45) is 0.608. The van der Waals surface area contributed by atoms with Crippen LogP contribution < -0.4 is 23.7 Å². The third-order valence-electron chi connectivity index (χ3n) is 6.73. The molecule has 0 N–H and O–H groups in total. The first-order valence-electron chi connectivity index (χ1n) is 11.5. The minimum absolute atomic E-state index is 0.166. The minimum atomic E-state index is -0.401. The van der Waals surface area contributed by atoms with E-state index >= 15 is 0 Å². The molecule has 3 aromatic carbocycles. The number of carbonyl (C=O) groups excluding carboxylic acids is 1. The lowest BCUT2D eigenvalue weighted by atomic mass is 9.75. The van der Waals surface area contributed by atoms with Crippen molar-refractivity contribution in [1.29, 1.82) is 0 Å². The van der Waals surface area contributed by atoms with Crippen LogP contribution >= 0.6 is 0 Å². The molecule has 2 aliphatic heterocycles. The monoisotopic (exact) mass is 490 g/mol. The molecule has 0 radical (unpaired) electrons. The fourth-order valence-corrected chi connectivity index (χ4v) is 5.02. The number of rotatable bonds is 6. The molecule has 6 rings (SSSR count). The SMILES string of the molecule is COc1cc([C@H]2C3=C(COC3=O)Cc3cc4c(cc32)OCO4)cc(OC)c1OCc1ccc(F)cc1. The van der Waals surface area contributed by atoms with Gasteiger partial charge in [-0.3, -0.25) is 0 Å². The van der Waals surface area contributed by atoms with Crippen molar-refractivity contribution in [1.82, 2.24) is 0 Å². The van der Waals surface area contributed by atoms with Crippen molar-refractivity contribution in [3.63, 3.8) is 0 Å². The van der Waals surface area contributed by atoms with Gasteiger partial charge in [-0.05, 0) is 70.6 Å². The molecule has 3 aromatic rings. The third kappa shape index (κ3) is 3.69. The maximum Gasteiger partial charge on any atom is 0.335 e. The second-order valence-electron chi connectivity index (χ2n) is 8.78. The average Bonchev–Trinajstić information content (AvgIpc) is 3.51. The molecule has 7 nitrogen and oxygen atoms in total. The molecule has 1 atom stereocenters. The van der Waals surface area contributed by atoms with Crippen LogP contribution in [0.2, 0.25) is 0 Å². The summed E-state index contributed by atoms with van der Waals surface area (Å²) in [6, 6.07) is 13.7. The lowest BCUT2D eigenvalue weighted by Gasteiger charge is -2.27. The van der Waals surface area contributed by atoms with Crippen molar-refractivity contribution in [2.24, 2.45) is 0 Å². The summed E-state index contributed by atoms with van der Waals surface area (Å²) >= 11 is 0. The van der Waals surface area contributed by atoms with Gasteiger partial charge in [-0.15, -0.1) is 0 Å². The van der Waals surface area contributed by atoms with Gasteiger partial charge in [0.15, 0.2) is 23.0 Å². The van der Waals surface area contributed by atoms with Crippen LogP contribution in [-0.4, -0.2) is 33.6 Å². The van der Waals surface area contributed by atoms with E-state index in [1.165, 1.54) is 12.1 Å². The molecular weight excluding hydrogens is 467 g/mol. The Kier molecular flexibility index (Phi) is 5.44. The topological polar surface area (TPSA) is 72.5 Å². The molecule has 0 saturated carbocycles. The molecule has 0 unspecified atom stereocenters. The standard InChI is InChI=1S/C28H23FO7/c1-31-23-9-17(10-24(32-2)27(23)33-12-15-3-5-19(29)6-4-15)25-20-11-22-21(35-14-36-22)8-16(20)7-18-13-34-28(30)26(18)25/h3-6,8-11,25H,7,12-14H2,1-2H3/t25-/m1/s1. The van der Waals surface area contributed by atoms with Crippen LogP contribution in [0, 0.1) is 5.82 Å². The summed E-state index contributed by atoms with van der Waals surface area (Å²) in [6.45, 7) is 0.634.